The van der Waals surface area contributed by atoms with Gasteiger partial charge in [0.2, 0.25) is 0 Å². The van der Waals surface area contributed by atoms with E-state index in [1.54, 1.807) is 17.1 Å². The van der Waals surface area contributed by atoms with Crippen LogP contribution in [0.4, 0.5) is 10.5 Å². The minimum Gasteiger partial charge on any atom is -0.379 e. The first-order valence-electron chi connectivity index (χ1n) is 8.64. The third-order valence-corrected chi connectivity index (χ3v) is 4.80. The smallest absolute Gasteiger partial charge is 0.321 e. The fourth-order valence-corrected chi connectivity index (χ4v) is 3.44. The number of ether oxygens (including phenoxy) is 1. The molecule has 1 N–H and O–H groups in total. The summed E-state index contributed by atoms with van der Waals surface area (Å²) < 4.78 is 7.07. The first kappa shape index (κ1) is 16.0. The van der Waals surface area contributed by atoms with Crippen LogP contribution in [0, 0.1) is 0 Å². The first-order valence-corrected chi connectivity index (χ1v) is 8.64. The van der Waals surface area contributed by atoms with Gasteiger partial charge in [0.1, 0.15) is 0 Å². The Morgan fingerprint density at radius 3 is 2.92 bits per heavy atom. The van der Waals surface area contributed by atoms with Crippen molar-refractivity contribution in [2.45, 2.75) is 12.5 Å². The number of nitrogens with one attached hydrogen (secondary N) is 1. The van der Waals surface area contributed by atoms with Gasteiger partial charge in [-0.1, -0.05) is 11.3 Å². The van der Waals surface area contributed by atoms with E-state index in [0.717, 1.165) is 57.2 Å². The lowest BCUT2D eigenvalue weighted by Gasteiger charge is -2.32. The molecule has 1 aromatic heterocycles. The van der Waals surface area contributed by atoms with E-state index in [-0.39, 0.29) is 6.03 Å². The highest BCUT2D eigenvalue weighted by molar-refractivity contribution is 5.89. The third kappa shape index (κ3) is 3.64. The molecule has 25 heavy (non-hydrogen) atoms. The number of urea groups is 1. The van der Waals surface area contributed by atoms with Crippen molar-refractivity contribution in [1.82, 2.24) is 24.8 Å². The zero-order valence-electron chi connectivity index (χ0n) is 14.0. The second-order valence-electron chi connectivity index (χ2n) is 6.36. The Morgan fingerprint density at radius 1 is 1.24 bits per heavy atom. The van der Waals surface area contributed by atoms with Gasteiger partial charge in [0.15, 0.2) is 0 Å². The topological polar surface area (TPSA) is 75.5 Å². The molecule has 0 radical (unpaired) electrons. The van der Waals surface area contributed by atoms with Gasteiger partial charge >= 0.3 is 6.03 Å². The van der Waals surface area contributed by atoms with E-state index in [4.69, 9.17) is 4.74 Å². The van der Waals surface area contributed by atoms with Crippen molar-refractivity contribution in [3.63, 3.8) is 0 Å². The van der Waals surface area contributed by atoms with E-state index in [0.29, 0.717) is 6.04 Å². The average Bonchev–Trinajstić information content (AvgIpc) is 3.35. The van der Waals surface area contributed by atoms with E-state index < -0.39 is 0 Å². The Balaban J connectivity index is 1.37. The van der Waals surface area contributed by atoms with Gasteiger partial charge < -0.3 is 15.0 Å². The lowest BCUT2D eigenvalue weighted by Crippen LogP contribution is -2.45. The lowest BCUT2D eigenvalue weighted by atomic mass is 10.2. The summed E-state index contributed by atoms with van der Waals surface area (Å²) in [6.45, 7) is 5.06. The molecule has 0 spiro atoms. The monoisotopic (exact) mass is 342 g/mol. The molecule has 132 valence electrons. The number of aromatic nitrogens is 3. The Labute approximate surface area is 146 Å². The number of benzene rings is 1. The van der Waals surface area contributed by atoms with E-state index in [2.05, 4.69) is 20.5 Å². The molecule has 4 rings (SSSR count). The number of rotatable bonds is 3. The largest absolute Gasteiger partial charge is 0.379 e. The molecule has 2 aliphatic rings. The Kier molecular flexibility index (Phi) is 4.62. The summed E-state index contributed by atoms with van der Waals surface area (Å²) in [6.07, 6.45) is 4.42. The van der Waals surface area contributed by atoms with Crippen LogP contribution in [0.5, 0.6) is 0 Å². The van der Waals surface area contributed by atoms with E-state index in [1.807, 2.05) is 29.2 Å². The Hall–Kier alpha value is -2.45. The molecule has 0 bridgehead atoms. The lowest BCUT2D eigenvalue weighted by molar-refractivity contribution is 0.0192. The molecule has 8 heteroatoms. The molecule has 1 aromatic carbocycles. The van der Waals surface area contributed by atoms with E-state index >= 15 is 0 Å². The summed E-state index contributed by atoms with van der Waals surface area (Å²) in [5, 5.41) is 10.8. The predicted octanol–water partition coefficient (Wildman–Crippen LogP) is 1.21. The molecular formula is C17H22N6O2. The van der Waals surface area contributed by atoms with Crippen LogP contribution >= 0.6 is 0 Å². The van der Waals surface area contributed by atoms with E-state index in [9.17, 15) is 4.79 Å². The highest BCUT2D eigenvalue weighted by atomic mass is 16.5. The Bertz CT molecular complexity index is 714. The molecular weight excluding hydrogens is 320 g/mol. The quantitative estimate of drug-likeness (QED) is 0.907. The summed E-state index contributed by atoms with van der Waals surface area (Å²) >= 11 is 0. The highest BCUT2D eigenvalue weighted by Crippen LogP contribution is 2.19. The predicted molar refractivity (Wildman–Crippen MR) is 92.7 cm³/mol. The molecule has 2 aromatic rings. The zero-order valence-corrected chi connectivity index (χ0v) is 14.0. The minimum absolute atomic E-state index is 0.0495. The van der Waals surface area contributed by atoms with Crippen molar-refractivity contribution in [1.29, 1.82) is 0 Å². The summed E-state index contributed by atoms with van der Waals surface area (Å²) in [6, 6.07) is 7.99. The summed E-state index contributed by atoms with van der Waals surface area (Å²) in [7, 11) is 0. The van der Waals surface area contributed by atoms with Crippen LogP contribution in [0.2, 0.25) is 0 Å². The van der Waals surface area contributed by atoms with Gasteiger partial charge in [-0.15, -0.1) is 5.10 Å². The average molecular weight is 342 g/mol. The number of hydrogen-bond acceptors (Lipinski definition) is 5. The van der Waals surface area contributed by atoms with Crippen molar-refractivity contribution in [2.75, 3.05) is 44.7 Å². The van der Waals surface area contributed by atoms with Crippen molar-refractivity contribution in [2.24, 2.45) is 0 Å². The number of morpholine rings is 1. The number of hydrogen-bond donors (Lipinski definition) is 1. The number of likely N-dealkylation sites (tertiary alicyclic amines) is 1. The normalized spacial score (nSPS) is 21.4. The summed E-state index contributed by atoms with van der Waals surface area (Å²) in [5.74, 6) is 0. The first-order chi connectivity index (χ1) is 12.3. The second kappa shape index (κ2) is 7.20. The van der Waals surface area contributed by atoms with Gasteiger partial charge in [0.25, 0.3) is 0 Å². The molecule has 1 atom stereocenters. The molecule has 0 aliphatic carbocycles. The molecule has 2 aliphatic heterocycles. The van der Waals surface area contributed by atoms with E-state index in [1.165, 1.54) is 0 Å². The molecule has 8 nitrogen and oxygen atoms in total. The fourth-order valence-electron chi connectivity index (χ4n) is 3.44. The van der Waals surface area contributed by atoms with Crippen LogP contribution in [0.25, 0.3) is 5.69 Å². The van der Waals surface area contributed by atoms with Crippen LogP contribution in [0.3, 0.4) is 0 Å². The molecule has 3 heterocycles. The number of amides is 2. The molecule has 2 fully saturated rings. The van der Waals surface area contributed by atoms with Gasteiger partial charge in [-0.2, -0.15) is 0 Å². The maximum atomic E-state index is 12.6. The van der Waals surface area contributed by atoms with Crippen molar-refractivity contribution in [3.05, 3.63) is 36.7 Å². The van der Waals surface area contributed by atoms with Gasteiger partial charge in [-0.3, -0.25) is 4.90 Å². The summed E-state index contributed by atoms with van der Waals surface area (Å²) in [4.78, 5) is 16.9. The minimum atomic E-state index is -0.0495. The van der Waals surface area contributed by atoms with Gasteiger partial charge in [0.05, 0.1) is 31.3 Å². The Morgan fingerprint density at radius 2 is 2.12 bits per heavy atom. The van der Waals surface area contributed by atoms with Crippen LogP contribution in [-0.2, 0) is 4.74 Å². The molecule has 2 saturated heterocycles. The molecule has 0 saturated carbocycles. The van der Waals surface area contributed by atoms with Crippen molar-refractivity contribution in [3.8, 4) is 5.69 Å². The van der Waals surface area contributed by atoms with Gasteiger partial charge in [-0.25, -0.2) is 9.48 Å². The fraction of sp³-hybridized carbons (Fsp3) is 0.471. The summed E-state index contributed by atoms with van der Waals surface area (Å²) in [5.41, 5.74) is 1.62. The third-order valence-electron chi connectivity index (χ3n) is 4.80. The van der Waals surface area contributed by atoms with Crippen LogP contribution in [0.1, 0.15) is 6.42 Å². The van der Waals surface area contributed by atoms with Crippen molar-refractivity contribution >= 4 is 11.7 Å². The molecule has 2 amide bonds. The van der Waals surface area contributed by atoms with Crippen molar-refractivity contribution < 1.29 is 9.53 Å². The van der Waals surface area contributed by atoms with Crippen LogP contribution in [0.15, 0.2) is 36.7 Å². The van der Waals surface area contributed by atoms with Crippen LogP contribution in [-0.4, -0.2) is 76.3 Å². The standard InChI is InChI=1S/C17H22N6O2/c24-17(22-6-4-16(13-22)21-8-10-25-11-9-21)19-14-2-1-3-15(12-14)23-7-5-18-20-23/h1-3,5,7,12,16H,4,6,8-11,13H2,(H,19,24)/t16-/m1/s1. The number of carbonyl (C=O) groups excluding carboxylic acids is 1. The van der Waals surface area contributed by atoms with Gasteiger partial charge in [-0.05, 0) is 24.6 Å². The highest BCUT2D eigenvalue weighted by Gasteiger charge is 2.31. The zero-order chi connectivity index (χ0) is 17.1. The maximum absolute atomic E-state index is 12.6. The number of carbonyl (C=O) groups is 1. The SMILES string of the molecule is O=C(Nc1cccc(-n2ccnn2)c1)N1CC[C@@H](N2CCOCC2)C1. The number of nitrogens with zero attached hydrogens (tertiary/aromatic N) is 5. The van der Waals surface area contributed by atoms with Gasteiger partial charge in [0, 0.05) is 37.9 Å². The molecule has 0 unspecified atom stereocenters. The maximum Gasteiger partial charge on any atom is 0.321 e. The van der Waals surface area contributed by atoms with Crippen LogP contribution < -0.4 is 5.32 Å². The number of anilines is 1. The second-order valence-corrected chi connectivity index (χ2v) is 6.36.